The van der Waals surface area contributed by atoms with Crippen molar-refractivity contribution in [3.63, 3.8) is 0 Å². The normalized spacial score (nSPS) is 15.6. The zero-order valence-electron chi connectivity index (χ0n) is 9.23. The average Bonchev–Trinajstić information content (AvgIpc) is 2.62. The van der Waals surface area contributed by atoms with Crippen molar-refractivity contribution in [1.29, 1.82) is 0 Å². The van der Waals surface area contributed by atoms with Crippen LogP contribution in [0.5, 0.6) is 0 Å². The first-order chi connectivity index (χ1) is 6.95. The van der Waals surface area contributed by atoms with E-state index >= 15 is 0 Å². The van der Waals surface area contributed by atoms with Crippen LogP contribution in [-0.2, 0) is 6.54 Å². The van der Waals surface area contributed by atoms with Gasteiger partial charge in [-0.25, -0.2) is 0 Å². The zero-order chi connectivity index (χ0) is 11.5. The molecule has 5 nitrogen and oxygen atoms in total. The highest BCUT2D eigenvalue weighted by molar-refractivity contribution is 7.99. The summed E-state index contributed by atoms with van der Waals surface area (Å²) in [6.45, 7) is 5.98. The van der Waals surface area contributed by atoms with E-state index < -0.39 is 5.60 Å². The third-order valence-electron chi connectivity index (χ3n) is 2.35. The Morgan fingerprint density at radius 3 is 2.67 bits per heavy atom. The molecule has 86 valence electrons. The standard InChI is InChI=1S/C9H17N3O2S/c1-6(2)9(3,13)5-15-8-12-11-7(4-10)14-8/h6,13H,4-5,10H2,1-3H3. The van der Waals surface area contributed by atoms with Crippen molar-refractivity contribution in [2.45, 2.75) is 38.1 Å². The highest BCUT2D eigenvalue weighted by Crippen LogP contribution is 2.26. The topological polar surface area (TPSA) is 85.2 Å². The van der Waals surface area contributed by atoms with Crippen LogP contribution in [0.1, 0.15) is 26.7 Å². The second kappa shape index (κ2) is 4.96. The first kappa shape index (κ1) is 12.5. The lowest BCUT2D eigenvalue weighted by Gasteiger charge is -2.26. The Bertz CT molecular complexity index is 312. The van der Waals surface area contributed by atoms with E-state index in [2.05, 4.69) is 10.2 Å². The summed E-state index contributed by atoms with van der Waals surface area (Å²) in [5, 5.41) is 18.0. The van der Waals surface area contributed by atoms with E-state index in [1.54, 1.807) is 6.92 Å². The number of hydrogen-bond acceptors (Lipinski definition) is 6. The molecular weight excluding hydrogens is 214 g/mol. The lowest BCUT2D eigenvalue weighted by Crippen LogP contribution is -2.33. The summed E-state index contributed by atoms with van der Waals surface area (Å²) in [7, 11) is 0. The summed E-state index contributed by atoms with van der Waals surface area (Å²) < 4.78 is 5.21. The van der Waals surface area contributed by atoms with Gasteiger partial charge in [0.1, 0.15) is 0 Å². The van der Waals surface area contributed by atoms with Crippen LogP contribution < -0.4 is 5.73 Å². The predicted molar refractivity (Wildman–Crippen MR) is 58.4 cm³/mol. The maximum Gasteiger partial charge on any atom is 0.276 e. The van der Waals surface area contributed by atoms with Crippen LogP contribution in [0.2, 0.25) is 0 Å². The van der Waals surface area contributed by atoms with Crippen LogP contribution in [-0.4, -0.2) is 26.7 Å². The highest BCUT2D eigenvalue weighted by atomic mass is 32.2. The van der Waals surface area contributed by atoms with Crippen LogP contribution >= 0.6 is 11.8 Å². The number of nitrogens with zero attached hydrogens (tertiary/aromatic N) is 2. The highest BCUT2D eigenvalue weighted by Gasteiger charge is 2.25. The third kappa shape index (κ3) is 3.48. The molecule has 0 aliphatic rings. The maximum atomic E-state index is 9.98. The van der Waals surface area contributed by atoms with Crippen LogP contribution in [0.15, 0.2) is 9.64 Å². The number of hydrogen-bond donors (Lipinski definition) is 2. The Kier molecular flexibility index (Phi) is 4.12. The van der Waals surface area contributed by atoms with Crippen molar-refractivity contribution >= 4 is 11.8 Å². The van der Waals surface area contributed by atoms with Crippen molar-refractivity contribution in [1.82, 2.24) is 10.2 Å². The van der Waals surface area contributed by atoms with Gasteiger partial charge in [0.25, 0.3) is 5.22 Å². The molecule has 0 saturated carbocycles. The Balaban J connectivity index is 2.50. The smallest absolute Gasteiger partial charge is 0.276 e. The molecule has 0 spiro atoms. The molecule has 6 heteroatoms. The molecule has 0 aliphatic heterocycles. The second-order valence-corrected chi connectivity index (χ2v) is 4.89. The Morgan fingerprint density at radius 1 is 1.53 bits per heavy atom. The quantitative estimate of drug-likeness (QED) is 0.736. The van der Waals surface area contributed by atoms with Crippen molar-refractivity contribution in [2.75, 3.05) is 5.75 Å². The minimum atomic E-state index is -0.734. The number of aliphatic hydroxyl groups is 1. The first-order valence-corrected chi connectivity index (χ1v) is 5.82. The summed E-state index contributed by atoms with van der Waals surface area (Å²) in [5.41, 5.74) is 4.60. The van der Waals surface area contributed by atoms with E-state index in [0.29, 0.717) is 16.9 Å². The minimum Gasteiger partial charge on any atom is -0.415 e. The minimum absolute atomic E-state index is 0.182. The molecule has 1 aromatic rings. The molecule has 0 fully saturated rings. The summed E-state index contributed by atoms with van der Waals surface area (Å²) in [6.07, 6.45) is 0. The molecule has 0 amide bonds. The maximum absolute atomic E-state index is 9.98. The predicted octanol–water partition coefficient (Wildman–Crippen LogP) is 1.03. The van der Waals surface area contributed by atoms with Crippen LogP contribution in [0.3, 0.4) is 0 Å². The van der Waals surface area contributed by atoms with Gasteiger partial charge in [0.15, 0.2) is 0 Å². The van der Waals surface area contributed by atoms with Gasteiger partial charge in [-0.3, -0.25) is 0 Å². The average molecular weight is 231 g/mol. The molecule has 1 unspecified atom stereocenters. The first-order valence-electron chi connectivity index (χ1n) is 4.83. The fraction of sp³-hybridized carbons (Fsp3) is 0.778. The molecule has 0 bridgehead atoms. The van der Waals surface area contributed by atoms with Gasteiger partial charge in [-0.2, -0.15) is 0 Å². The third-order valence-corrected chi connectivity index (χ3v) is 3.50. The van der Waals surface area contributed by atoms with E-state index in [0.717, 1.165) is 0 Å². The number of aromatic nitrogens is 2. The number of thioether (sulfide) groups is 1. The molecule has 1 aromatic heterocycles. The van der Waals surface area contributed by atoms with Crippen LogP contribution in [0.4, 0.5) is 0 Å². The fourth-order valence-electron chi connectivity index (χ4n) is 0.754. The van der Waals surface area contributed by atoms with Gasteiger partial charge >= 0.3 is 0 Å². The largest absolute Gasteiger partial charge is 0.415 e. The summed E-state index contributed by atoms with van der Waals surface area (Å²) in [6, 6.07) is 0. The molecule has 3 N–H and O–H groups in total. The second-order valence-electron chi connectivity index (χ2n) is 3.97. The van der Waals surface area contributed by atoms with Gasteiger partial charge in [-0.05, 0) is 12.8 Å². The SMILES string of the molecule is CC(C)C(C)(O)CSc1nnc(CN)o1. The van der Waals surface area contributed by atoms with E-state index in [9.17, 15) is 5.11 Å². The molecule has 0 aliphatic carbocycles. The molecule has 0 aromatic carbocycles. The molecule has 0 saturated heterocycles. The number of nitrogens with two attached hydrogens (primary N) is 1. The van der Waals surface area contributed by atoms with Gasteiger partial charge in [-0.15, -0.1) is 10.2 Å². The van der Waals surface area contributed by atoms with Crippen molar-refractivity contribution in [3.05, 3.63) is 5.89 Å². The molecule has 15 heavy (non-hydrogen) atoms. The summed E-state index contributed by atoms with van der Waals surface area (Å²) in [5.74, 6) is 1.13. The summed E-state index contributed by atoms with van der Waals surface area (Å²) in [4.78, 5) is 0. The van der Waals surface area contributed by atoms with Crippen molar-refractivity contribution in [3.8, 4) is 0 Å². The molecule has 0 radical (unpaired) electrons. The van der Waals surface area contributed by atoms with Crippen molar-refractivity contribution < 1.29 is 9.52 Å². The lowest BCUT2D eigenvalue weighted by molar-refractivity contribution is 0.0374. The zero-order valence-corrected chi connectivity index (χ0v) is 10.0. The molecular formula is C9H17N3O2S. The molecule has 1 rings (SSSR count). The lowest BCUT2D eigenvalue weighted by atomic mass is 9.95. The van der Waals surface area contributed by atoms with Crippen LogP contribution in [0, 0.1) is 5.92 Å². The van der Waals surface area contributed by atoms with Gasteiger partial charge in [0.2, 0.25) is 5.89 Å². The van der Waals surface area contributed by atoms with E-state index in [1.807, 2.05) is 13.8 Å². The summed E-state index contributed by atoms with van der Waals surface area (Å²) >= 11 is 1.35. The van der Waals surface area contributed by atoms with Crippen molar-refractivity contribution in [2.24, 2.45) is 11.7 Å². The van der Waals surface area contributed by atoms with Gasteiger partial charge < -0.3 is 15.3 Å². The van der Waals surface area contributed by atoms with E-state index in [1.165, 1.54) is 11.8 Å². The van der Waals surface area contributed by atoms with Crippen LogP contribution in [0.25, 0.3) is 0 Å². The van der Waals surface area contributed by atoms with E-state index in [-0.39, 0.29) is 12.5 Å². The molecule has 1 atom stereocenters. The van der Waals surface area contributed by atoms with Gasteiger partial charge in [0, 0.05) is 5.75 Å². The van der Waals surface area contributed by atoms with E-state index in [4.69, 9.17) is 10.2 Å². The Morgan fingerprint density at radius 2 is 2.20 bits per heavy atom. The monoisotopic (exact) mass is 231 g/mol. The Labute approximate surface area is 93.4 Å². The Hall–Kier alpha value is -0.590. The fourth-order valence-corrected chi connectivity index (χ4v) is 1.76. The molecule has 1 heterocycles. The van der Waals surface area contributed by atoms with Gasteiger partial charge in [0.05, 0.1) is 12.1 Å². The number of rotatable bonds is 5. The van der Waals surface area contributed by atoms with Gasteiger partial charge in [-0.1, -0.05) is 25.6 Å².